The highest BCUT2D eigenvalue weighted by atomic mass is 16.5. The molecule has 0 bridgehead atoms. The Labute approximate surface area is 170 Å². The molecule has 29 heavy (non-hydrogen) atoms. The molecule has 0 aliphatic rings. The predicted molar refractivity (Wildman–Crippen MR) is 115 cm³/mol. The number of rotatable bonds is 5. The number of aryl methyl sites for hydroxylation is 3. The average Bonchev–Trinajstić information content (AvgIpc) is 3.05. The first-order valence-corrected chi connectivity index (χ1v) is 9.24. The lowest BCUT2D eigenvalue weighted by Gasteiger charge is -2.07. The van der Waals surface area contributed by atoms with Gasteiger partial charge in [0.05, 0.1) is 7.11 Å². The Bertz CT molecular complexity index is 1100. The number of ether oxygens (including phenoxy) is 1. The summed E-state index contributed by atoms with van der Waals surface area (Å²) in [5, 5.41) is 12.3. The lowest BCUT2D eigenvalue weighted by atomic mass is 10.1. The largest absolute Gasteiger partial charge is 0.497 e. The number of amides is 1. The maximum Gasteiger partial charge on any atom is 0.266 e. The fourth-order valence-electron chi connectivity index (χ4n) is 3.26. The molecule has 0 aliphatic heterocycles. The molecular weight excluding hydrogens is 362 g/mol. The van der Waals surface area contributed by atoms with Crippen molar-refractivity contribution in [1.29, 1.82) is 5.26 Å². The van der Waals surface area contributed by atoms with E-state index in [0.29, 0.717) is 5.69 Å². The third-order valence-corrected chi connectivity index (χ3v) is 4.54. The number of carbonyl (C=O) groups is 1. The molecule has 1 aromatic heterocycles. The summed E-state index contributed by atoms with van der Waals surface area (Å²) in [4.78, 5) is 12.6. The van der Waals surface area contributed by atoms with Crippen LogP contribution < -0.4 is 10.1 Å². The Hall–Kier alpha value is -3.78. The van der Waals surface area contributed by atoms with Gasteiger partial charge in [-0.1, -0.05) is 6.07 Å². The molecule has 5 heteroatoms. The number of hydrogen-bond donors (Lipinski definition) is 1. The summed E-state index contributed by atoms with van der Waals surface area (Å²) in [7, 11) is 1.63. The van der Waals surface area contributed by atoms with Gasteiger partial charge in [-0.15, -0.1) is 0 Å². The van der Waals surface area contributed by atoms with Gasteiger partial charge in [0, 0.05) is 23.3 Å². The molecule has 0 radical (unpaired) electrons. The Kier molecular flexibility index (Phi) is 5.85. The Morgan fingerprint density at radius 1 is 1.07 bits per heavy atom. The highest BCUT2D eigenvalue weighted by Crippen LogP contribution is 2.21. The molecule has 0 spiro atoms. The van der Waals surface area contributed by atoms with Crippen LogP contribution in [0.4, 0.5) is 5.69 Å². The minimum Gasteiger partial charge on any atom is -0.497 e. The molecule has 5 nitrogen and oxygen atoms in total. The molecule has 1 heterocycles. The summed E-state index contributed by atoms with van der Waals surface area (Å²) in [6, 6.07) is 17.4. The van der Waals surface area contributed by atoms with Gasteiger partial charge in [0.15, 0.2) is 0 Å². The zero-order valence-corrected chi connectivity index (χ0v) is 17.0. The van der Waals surface area contributed by atoms with Gasteiger partial charge in [0.25, 0.3) is 5.91 Å². The molecule has 1 amide bonds. The monoisotopic (exact) mass is 385 g/mol. The number of nitrogens with zero attached hydrogens (tertiary/aromatic N) is 2. The molecule has 0 unspecified atom stereocenters. The molecule has 2 aromatic carbocycles. The third kappa shape index (κ3) is 4.74. The first-order valence-electron chi connectivity index (χ1n) is 9.24. The second-order valence-corrected chi connectivity index (χ2v) is 6.98. The smallest absolute Gasteiger partial charge is 0.266 e. The van der Waals surface area contributed by atoms with Crippen LogP contribution in [0.15, 0.2) is 60.3 Å². The van der Waals surface area contributed by atoms with Gasteiger partial charge in [-0.3, -0.25) is 4.79 Å². The van der Waals surface area contributed by atoms with E-state index < -0.39 is 5.91 Å². The predicted octanol–water partition coefficient (Wildman–Crippen LogP) is 4.96. The fraction of sp³-hybridized carbons (Fsp3) is 0.167. The van der Waals surface area contributed by atoms with E-state index in [-0.39, 0.29) is 5.57 Å². The zero-order chi connectivity index (χ0) is 21.0. The van der Waals surface area contributed by atoms with Gasteiger partial charge in [0.2, 0.25) is 0 Å². The van der Waals surface area contributed by atoms with E-state index in [0.717, 1.165) is 33.8 Å². The number of hydrogen-bond acceptors (Lipinski definition) is 3. The molecule has 3 aromatic rings. The standard InChI is InChI=1S/C24H23N3O2/c1-16-9-17(2)11-21(10-16)26-24(28)20(14-25)13-19-12-18(3)27(15-19)22-5-7-23(29-4)8-6-22/h5-13,15H,1-4H3,(H,26,28)/b20-13+. The number of nitrogens with one attached hydrogen (secondary N) is 1. The maximum absolute atomic E-state index is 12.6. The number of benzene rings is 2. The summed E-state index contributed by atoms with van der Waals surface area (Å²) in [6.07, 6.45) is 3.50. The first kappa shape index (κ1) is 20.0. The summed E-state index contributed by atoms with van der Waals surface area (Å²) < 4.78 is 7.20. The van der Waals surface area contributed by atoms with Crippen molar-refractivity contribution >= 4 is 17.7 Å². The van der Waals surface area contributed by atoms with E-state index in [2.05, 4.69) is 5.32 Å². The van der Waals surface area contributed by atoms with Crippen molar-refractivity contribution in [1.82, 2.24) is 4.57 Å². The average molecular weight is 385 g/mol. The van der Waals surface area contributed by atoms with Crippen molar-refractivity contribution in [2.24, 2.45) is 0 Å². The SMILES string of the molecule is COc1ccc(-n2cc(/C=C(\C#N)C(=O)Nc3cc(C)cc(C)c3)cc2C)cc1. The van der Waals surface area contributed by atoms with Crippen molar-refractivity contribution in [2.75, 3.05) is 12.4 Å². The number of anilines is 1. The Balaban J connectivity index is 1.85. The van der Waals surface area contributed by atoms with Gasteiger partial charge >= 0.3 is 0 Å². The second kappa shape index (κ2) is 8.49. The molecular formula is C24H23N3O2. The fourth-order valence-corrected chi connectivity index (χ4v) is 3.26. The number of methoxy groups -OCH3 is 1. The molecule has 0 atom stereocenters. The van der Waals surface area contributed by atoms with Crippen LogP contribution in [0.1, 0.15) is 22.4 Å². The normalized spacial score (nSPS) is 11.1. The van der Waals surface area contributed by atoms with Gasteiger partial charge in [-0.25, -0.2) is 0 Å². The van der Waals surface area contributed by atoms with Crippen molar-refractivity contribution in [2.45, 2.75) is 20.8 Å². The van der Waals surface area contributed by atoms with Crippen molar-refractivity contribution in [3.05, 3.63) is 82.7 Å². The van der Waals surface area contributed by atoms with E-state index in [9.17, 15) is 10.1 Å². The lowest BCUT2D eigenvalue weighted by molar-refractivity contribution is -0.112. The summed E-state index contributed by atoms with van der Waals surface area (Å²) >= 11 is 0. The van der Waals surface area contributed by atoms with Crippen LogP contribution in [0.3, 0.4) is 0 Å². The number of nitriles is 1. The van der Waals surface area contributed by atoms with Crippen molar-refractivity contribution in [3.8, 4) is 17.5 Å². The highest BCUT2D eigenvalue weighted by molar-refractivity contribution is 6.09. The minimum absolute atomic E-state index is 0.0519. The lowest BCUT2D eigenvalue weighted by Crippen LogP contribution is -2.13. The number of carbonyl (C=O) groups excluding carboxylic acids is 1. The third-order valence-electron chi connectivity index (χ3n) is 4.54. The summed E-state index contributed by atoms with van der Waals surface area (Å²) in [6.45, 7) is 5.91. The quantitative estimate of drug-likeness (QED) is 0.499. The van der Waals surface area contributed by atoms with Crippen LogP contribution in [0.5, 0.6) is 5.75 Å². The Morgan fingerprint density at radius 3 is 2.31 bits per heavy atom. The van der Waals surface area contributed by atoms with Crippen LogP contribution >= 0.6 is 0 Å². The van der Waals surface area contributed by atoms with Crippen LogP contribution in [0.25, 0.3) is 11.8 Å². The first-order chi connectivity index (χ1) is 13.9. The number of aromatic nitrogens is 1. The Morgan fingerprint density at radius 2 is 1.72 bits per heavy atom. The molecule has 0 fully saturated rings. The van der Waals surface area contributed by atoms with Gasteiger partial charge < -0.3 is 14.6 Å². The summed E-state index contributed by atoms with van der Waals surface area (Å²) in [5.74, 6) is 0.362. The minimum atomic E-state index is -0.424. The van der Waals surface area contributed by atoms with E-state index in [4.69, 9.17) is 4.74 Å². The second-order valence-electron chi connectivity index (χ2n) is 6.98. The molecule has 0 aliphatic carbocycles. The van der Waals surface area contributed by atoms with Gasteiger partial charge in [-0.05, 0) is 86.0 Å². The van der Waals surface area contributed by atoms with Crippen LogP contribution in [-0.4, -0.2) is 17.6 Å². The molecule has 0 saturated heterocycles. The van der Waals surface area contributed by atoms with E-state index in [1.54, 1.807) is 13.2 Å². The van der Waals surface area contributed by atoms with Crippen LogP contribution in [0.2, 0.25) is 0 Å². The van der Waals surface area contributed by atoms with E-state index in [1.807, 2.05) is 86.1 Å². The maximum atomic E-state index is 12.6. The van der Waals surface area contributed by atoms with Crippen LogP contribution in [-0.2, 0) is 4.79 Å². The zero-order valence-electron chi connectivity index (χ0n) is 17.0. The topological polar surface area (TPSA) is 67.0 Å². The molecule has 3 rings (SSSR count). The van der Waals surface area contributed by atoms with Gasteiger partial charge in [0.1, 0.15) is 17.4 Å². The molecule has 1 N–H and O–H groups in total. The molecule has 146 valence electrons. The van der Waals surface area contributed by atoms with Gasteiger partial charge in [-0.2, -0.15) is 5.26 Å². The van der Waals surface area contributed by atoms with E-state index in [1.165, 1.54) is 0 Å². The molecule has 0 saturated carbocycles. The van der Waals surface area contributed by atoms with Crippen molar-refractivity contribution < 1.29 is 9.53 Å². The van der Waals surface area contributed by atoms with Crippen LogP contribution in [0, 0.1) is 32.1 Å². The van der Waals surface area contributed by atoms with E-state index >= 15 is 0 Å². The highest BCUT2D eigenvalue weighted by Gasteiger charge is 2.12. The summed E-state index contributed by atoms with van der Waals surface area (Å²) in [5.41, 5.74) is 5.58. The van der Waals surface area contributed by atoms with Crippen molar-refractivity contribution in [3.63, 3.8) is 0 Å².